The molecule has 11 nitrogen and oxygen atoms in total. The Balaban J connectivity index is 1.43. The smallest absolute Gasteiger partial charge is 0.312 e. The molecule has 0 radical (unpaired) electrons. The first-order chi connectivity index (χ1) is 19.0. The highest BCUT2D eigenvalue weighted by Gasteiger charge is 2.26. The Morgan fingerprint density at radius 2 is 1.85 bits per heavy atom. The van der Waals surface area contributed by atoms with E-state index >= 15 is 0 Å². The molecule has 204 valence electrons. The summed E-state index contributed by atoms with van der Waals surface area (Å²) in [5.74, 6) is -3.35. The van der Waals surface area contributed by atoms with Crippen LogP contribution in [-0.4, -0.2) is 39.5 Å². The van der Waals surface area contributed by atoms with E-state index in [1.165, 1.54) is 40.8 Å². The average molecular weight is 547 g/mol. The van der Waals surface area contributed by atoms with E-state index in [0.29, 0.717) is 17.0 Å². The summed E-state index contributed by atoms with van der Waals surface area (Å²) in [7, 11) is 1.50. The number of anilines is 1. The largest absolute Gasteiger partial charge is 0.332 e. The zero-order valence-corrected chi connectivity index (χ0v) is 21.7. The number of nitrogens with zero attached hydrogens (tertiary/aromatic N) is 7. The minimum atomic E-state index is -3.07. The van der Waals surface area contributed by atoms with Gasteiger partial charge in [0, 0.05) is 31.9 Å². The summed E-state index contributed by atoms with van der Waals surface area (Å²) in [6, 6.07) is 11.9. The zero-order chi connectivity index (χ0) is 28.6. The number of alkyl halides is 2. The number of aromatic nitrogens is 7. The number of carbonyl (C=O) groups excluding carboxylic acids is 1. The van der Waals surface area contributed by atoms with Gasteiger partial charge < -0.3 is 9.88 Å². The van der Waals surface area contributed by atoms with Gasteiger partial charge in [0.25, 0.3) is 11.5 Å². The van der Waals surface area contributed by atoms with Gasteiger partial charge in [-0.25, -0.2) is 14.8 Å². The number of hydrogen-bond donors (Lipinski definition) is 1. The van der Waals surface area contributed by atoms with Crippen molar-refractivity contribution in [1.29, 1.82) is 0 Å². The molecule has 40 heavy (non-hydrogen) atoms. The second-order valence-corrected chi connectivity index (χ2v) is 9.27. The molecule has 0 saturated heterocycles. The maximum Gasteiger partial charge on any atom is 0.332 e. The monoisotopic (exact) mass is 546 g/mol. The number of fused-ring (bicyclic) bond motifs is 1. The number of hydrogen-bond acceptors (Lipinski definition) is 7. The Labute approximate surface area is 225 Å². The molecule has 5 aromatic heterocycles. The third-order valence-electron chi connectivity index (χ3n) is 6.41. The average Bonchev–Trinajstić information content (AvgIpc) is 3.39. The molecule has 0 aliphatic rings. The number of imidazole rings is 1. The molecule has 0 bridgehead atoms. The van der Waals surface area contributed by atoms with Crippen LogP contribution in [0.25, 0.3) is 22.4 Å². The van der Waals surface area contributed by atoms with Crippen molar-refractivity contribution in [1.82, 2.24) is 33.6 Å². The molecule has 0 unspecified atom stereocenters. The molecule has 5 rings (SSSR count). The van der Waals surface area contributed by atoms with Gasteiger partial charge in [0.15, 0.2) is 11.2 Å². The van der Waals surface area contributed by atoms with Crippen LogP contribution in [0, 0.1) is 0 Å². The van der Waals surface area contributed by atoms with Crippen molar-refractivity contribution in [2.45, 2.75) is 32.4 Å². The summed E-state index contributed by atoms with van der Waals surface area (Å²) in [4.78, 5) is 56.2. The summed E-state index contributed by atoms with van der Waals surface area (Å²) >= 11 is 0. The molecule has 1 N–H and O–H groups in total. The topological polar surface area (TPSA) is 130 Å². The van der Waals surface area contributed by atoms with Crippen LogP contribution in [-0.2, 0) is 24.3 Å². The van der Waals surface area contributed by atoms with Gasteiger partial charge in [0.2, 0.25) is 5.91 Å². The molecule has 5 aromatic rings. The zero-order valence-electron chi connectivity index (χ0n) is 21.7. The Bertz CT molecular complexity index is 1820. The molecule has 1 amide bonds. The number of halogens is 2. The fourth-order valence-electron chi connectivity index (χ4n) is 4.20. The Morgan fingerprint density at radius 1 is 1.05 bits per heavy atom. The maximum atomic E-state index is 13.5. The van der Waals surface area contributed by atoms with Gasteiger partial charge in [-0.3, -0.25) is 28.7 Å². The minimum Gasteiger partial charge on any atom is -0.312 e. The van der Waals surface area contributed by atoms with Gasteiger partial charge in [-0.1, -0.05) is 12.1 Å². The second kappa shape index (κ2) is 10.2. The summed E-state index contributed by atoms with van der Waals surface area (Å²) in [6.07, 6.45) is 4.20. The van der Waals surface area contributed by atoms with Gasteiger partial charge in [-0.2, -0.15) is 8.78 Å². The van der Waals surface area contributed by atoms with Crippen LogP contribution >= 0.6 is 0 Å². The first-order valence-corrected chi connectivity index (χ1v) is 12.2. The van der Waals surface area contributed by atoms with E-state index in [2.05, 4.69) is 25.3 Å². The summed E-state index contributed by atoms with van der Waals surface area (Å²) in [6.45, 7) is 2.31. The van der Waals surface area contributed by atoms with E-state index < -0.39 is 29.1 Å². The molecule has 0 spiro atoms. The summed E-state index contributed by atoms with van der Waals surface area (Å²) in [5, 5.41) is 2.71. The Morgan fingerprint density at radius 3 is 2.52 bits per heavy atom. The lowest BCUT2D eigenvalue weighted by molar-refractivity contribution is -0.118. The summed E-state index contributed by atoms with van der Waals surface area (Å²) in [5.41, 5.74) is 0.139. The Kier molecular flexibility index (Phi) is 6.80. The highest BCUT2D eigenvalue weighted by atomic mass is 19.3. The van der Waals surface area contributed by atoms with Crippen molar-refractivity contribution >= 4 is 22.9 Å². The quantitative estimate of drug-likeness (QED) is 0.332. The van der Waals surface area contributed by atoms with Crippen molar-refractivity contribution in [3.8, 4) is 11.3 Å². The van der Waals surface area contributed by atoms with Gasteiger partial charge in [0.05, 0.1) is 24.3 Å². The van der Waals surface area contributed by atoms with Crippen molar-refractivity contribution in [2.24, 2.45) is 7.05 Å². The van der Waals surface area contributed by atoms with Crippen molar-refractivity contribution in [3.63, 3.8) is 0 Å². The minimum absolute atomic E-state index is 0.0451. The first-order valence-electron chi connectivity index (χ1n) is 12.2. The van der Waals surface area contributed by atoms with Gasteiger partial charge in [0.1, 0.15) is 17.6 Å². The van der Waals surface area contributed by atoms with E-state index in [-0.39, 0.29) is 29.2 Å². The summed E-state index contributed by atoms with van der Waals surface area (Å²) < 4.78 is 30.7. The normalized spacial score (nSPS) is 12.4. The van der Waals surface area contributed by atoms with E-state index in [0.717, 1.165) is 11.5 Å². The van der Waals surface area contributed by atoms with E-state index in [4.69, 9.17) is 0 Å². The molecule has 5 heterocycles. The molecule has 0 aliphatic heterocycles. The second-order valence-electron chi connectivity index (χ2n) is 9.27. The SMILES string of the molecule is C[C@@H](C(=O)Nc1cccc(-c2ccc(C(C)(F)F)nc2)n1)n1cnc2c1c(=O)n(Cc1ccccn1)c(=O)n2C. The van der Waals surface area contributed by atoms with Crippen LogP contribution in [0.4, 0.5) is 14.6 Å². The van der Waals surface area contributed by atoms with Crippen LogP contribution in [0.2, 0.25) is 0 Å². The number of carbonyl (C=O) groups is 1. The van der Waals surface area contributed by atoms with Crippen LogP contribution in [0.3, 0.4) is 0 Å². The highest BCUT2D eigenvalue weighted by molar-refractivity contribution is 5.93. The fraction of sp³-hybridized carbons (Fsp3) is 0.222. The molecule has 0 saturated carbocycles. The van der Waals surface area contributed by atoms with Crippen LogP contribution in [0.15, 0.2) is 76.8 Å². The highest BCUT2D eigenvalue weighted by Crippen LogP contribution is 2.27. The first kappa shape index (κ1) is 26.5. The molecule has 0 aromatic carbocycles. The molecule has 0 fully saturated rings. The fourth-order valence-corrected chi connectivity index (χ4v) is 4.20. The van der Waals surface area contributed by atoms with Crippen LogP contribution < -0.4 is 16.6 Å². The number of nitrogens with one attached hydrogen (secondary N) is 1. The van der Waals surface area contributed by atoms with E-state index in [9.17, 15) is 23.2 Å². The van der Waals surface area contributed by atoms with Crippen LogP contribution in [0.1, 0.15) is 31.3 Å². The van der Waals surface area contributed by atoms with E-state index in [1.807, 2.05) is 0 Å². The van der Waals surface area contributed by atoms with Gasteiger partial charge in [-0.15, -0.1) is 0 Å². The lowest BCUT2D eigenvalue weighted by atomic mass is 10.1. The molecular weight excluding hydrogens is 522 g/mol. The van der Waals surface area contributed by atoms with Crippen molar-refractivity contribution in [2.75, 3.05) is 5.32 Å². The van der Waals surface area contributed by atoms with Gasteiger partial charge >= 0.3 is 5.69 Å². The molecule has 13 heteroatoms. The third-order valence-corrected chi connectivity index (χ3v) is 6.41. The van der Waals surface area contributed by atoms with Crippen molar-refractivity contribution < 1.29 is 13.6 Å². The number of pyridine rings is 3. The number of amides is 1. The standard InChI is InChI=1S/C27H24F2N8O3/c1-16(24(38)34-21-9-6-8-19(33-21)17-10-11-20(31-13-17)27(2,28)29)37-15-32-23-22(37)25(39)36(26(40)35(23)3)14-18-7-4-5-12-30-18/h4-13,15-16H,14H2,1-3H3,(H,33,34,38)/t16-/m0/s1. The lowest BCUT2D eigenvalue weighted by Gasteiger charge is -2.15. The molecule has 0 aliphatic carbocycles. The number of rotatable bonds is 7. The van der Waals surface area contributed by atoms with Gasteiger partial charge in [-0.05, 0) is 43.3 Å². The predicted octanol–water partition coefficient (Wildman–Crippen LogP) is 3.11. The van der Waals surface area contributed by atoms with E-state index in [1.54, 1.807) is 49.5 Å². The molecule has 1 atom stereocenters. The maximum absolute atomic E-state index is 13.5. The Hall–Kier alpha value is -5.07. The van der Waals surface area contributed by atoms with Crippen LogP contribution in [0.5, 0.6) is 0 Å². The van der Waals surface area contributed by atoms with Crippen molar-refractivity contribution in [3.05, 3.63) is 99.5 Å². The lowest BCUT2D eigenvalue weighted by Crippen LogP contribution is -2.40. The third kappa shape index (κ3) is 5.00. The number of aryl methyl sites for hydroxylation is 1. The molecular formula is C27H24F2N8O3. The predicted molar refractivity (Wildman–Crippen MR) is 143 cm³/mol.